The second-order valence-electron chi connectivity index (χ2n) is 6.92. The van der Waals surface area contributed by atoms with Gasteiger partial charge in [-0.25, -0.2) is 4.79 Å². The van der Waals surface area contributed by atoms with Crippen LogP contribution in [0.3, 0.4) is 0 Å². The van der Waals surface area contributed by atoms with E-state index in [0.717, 1.165) is 16.7 Å². The predicted molar refractivity (Wildman–Crippen MR) is 121 cm³/mol. The van der Waals surface area contributed by atoms with Crippen molar-refractivity contribution < 1.29 is 14.3 Å². The molecule has 0 saturated carbocycles. The summed E-state index contributed by atoms with van der Waals surface area (Å²) in [6.07, 6.45) is 3.15. The van der Waals surface area contributed by atoms with Gasteiger partial charge in [-0.15, -0.1) is 24.2 Å². The number of nitrogens with two attached hydrogens (primary N) is 1. The van der Waals surface area contributed by atoms with Crippen LogP contribution in [0.2, 0.25) is 0 Å². The quantitative estimate of drug-likeness (QED) is 0.563. The van der Waals surface area contributed by atoms with Crippen LogP contribution in [0.5, 0.6) is 0 Å². The molecule has 1 amide bonds. The van der Waals surface area contributed by atoms with E-state index in [9.17, 15) is 9.59 Å². The Balaban J connectivity index is 0.00000256. The normalized spacial score (nSPS) is 20.6. The van der Waals surface area contributed by atoms with Crippen molar-refractivity contribution in [1.82, 2.24) is 4.90 Å². The fourth-order valence-corrected chi connectivity index (χ4v) is 4.87. The van der Waals surface area contributed by atoms with Gasteiger partial charge in [0.2, 0.25) is 5.91 Å². The fraction of sp³-hybridized carbons (Fsp3) is 0.217. The molecule has 0 spiro atoms. The number of benzene rings is 2. The van der Waals surface area contributed by atoms with Crippen molar-refractivity contribution in [2.75, 3.05) is 5.75 Å². The summed E-state index contributed by atoms with van der Waals surface area (Å²) < 4.78 is 6.00. The first-order chi connectivity index (χ1) is 14.1. The van der Waals surface area contributed by atoms with E-state index in [1.165, 1.54) is 4.90 Å². The number of nitrogens with zero attached hydrogens (tertiary/aromatic N) is 1. The highest BCUT2D eigenvalue weighted by atomic mass is 35.5. The van der Waals surface area contributed by atoms with E-state index in [4.69, 9.17) is 10.5 Å². The Bertz CT molecular complexity index is 939. The highest BCUT2D eigenvalue weighted by Gasteiger charge is 2.52. The lowest BCUT2D eigenvalue weighted by atomic mass is 10.0. The third-order valence-corrected chi connectivity index (χ3v) is 6.35. The number of esters is 1. The zero-order valence-electron chi connectivity index (χ0n) is 16.4. The molecule has 0 radical (unpaired) electrons. The van der Waals surface area contributed by atoms with Crippen molar-refractivity contribution >= 4 is 36.0 Å². The van der Waals surface area contributed by atoms with Gasteiger partial charge in [0.25, 0.3) is 0 Å². The van der Waals surface area contributed by atoms with Gasteiger partial charge < -0.3 is 10.5 Å². The smallest absolute Gasteiger partial charge is 0.356 e. The Morgan fingerprint density at radius 3 is 2.23 bits per heavy atom. The summed E-state index contributed by atoms with van der Waals surface area (Å²) in [5.41, 5.74) is 8.75. The highest BCUT2D eigenvalue weighted by molar-refractivity contribution is 8.00. The van der Waals surface area contributed by atoms with E-state index >= 15 is 0 Å². The molecule has 2 aromatic carbocycles. The van der Waals surface area contributed by atoms with Gasteiger partial charge in [0.15, 0.2) is 6.10 Å². The molecule has 1 fully saturated rings. The van der Waals surface area contributed by atoms with Crippen molar-refractivity contribution in [1.29, 1.82) is 0 Å². The second kappa shape index (κ2) is 9.51. The number of carbonyl (C=O) groups excluding carboxylic acids is 2. The molecular formula is C23H23ClN2O3S. The summed E-state index contributed by atoms with van der Waals surface area (Å²) in [7, 11) is 0. The molecule has 0 aromatic heterocycles. The van der Waals surface area contributed by atoms with Crippen LogP contribution in [0.1, 0.15) is 24.2 Å². The lowest BCUT2D eigenvalue weighted by molar-refractivity contribution is -0.153. The minimum atomic E-state index is -0.575. The molecule has 2 aromatic rings. The molecule has 2 heterocycles. The zero-order valence-corrected chi connectivity index (χ0v) is 18.1. The maximum atomic E-state index is 13.3. The number of rotatable bonds is 5. The lowest BCUT2D eigenvalue weighted by Crippen LogP contribution is -2.68. The third-order valence-electron chi connectivity index (χ3n) is 5.03. The molecular weight excluding hydrogens is 420 g/mol. The van der Waals surface area contributed by atoms with Gasteiger partial charge in [0, 0.05) is 5.75 Å². The Morgan fingerprint density at radius 2 is 1.70 bits per heavy atom. The van der Waals surface area contributed by atoms with Crippen LogP contribution in [0, 0.1) is 0 Å². The van der Waals surface area contributed by atoms with Crippen molar-refractivity contribution in [2.24, 2.45) is 5.73 Å². The molecule has 7 heteroatoms. The van der Waals surface area contributed by atoms with E-state index in [2.05, 4.69) is 0 Å². The fourth-order valence-electron chi connectivity index (χ4n) is 3.61. The largest absolute Gasteiger partial charge is 0.448 e. The maximum Gasteiger partial charge on any atom is 0.356 e. The first kappa shape index (κ1) is 22.2. The van der Waals surface area contributed by atoms with Crippen LogP contribution in [0.4, 0.5) is 0 Å². The van der Waals surface area contributed by atoms with Gasteiger partial charge in [-0.2, -0.15) is 0 Å². The number of carbonyl (C=O) groups is 2. The van der Waals surface area contributed by atoms with E-state index < -0.39 is 18.1 Å². The van der Waals surface area contributed by atoms with E-state index in [1.807, 2.05) is 79.7 Å². The number of β-lactam (4-membered cyclic amide) rings is 1. The molecule has 5 nitrogen and oxygen atoms in total. The van der Waals surface area contributed by atoms with Crippen LogP contribution in [0.25, 0.3) is 0 Å². The molecule has 2 atom stereocenters. The number of thioether (sulfide) groups is 1. The minimum absolute atomic E-state index is 0. The number of ether oxygens (including phenoxy) is 1. The van der Waals surface area contributed by atoms with Gasteiger partial charge in [0.1, 0.15) is 17.1 Å². The summed E-state index contributed by atoms with van der Waals surface area (Å²) in [5.74, 6) is -0.147. The average molecular weight is 443 g/mol. The van der Waals surface area contributed by atoms with Gasteiger partial charge in [0.05, 0.1) is 0 Å². The van der Waals surface area contributed by atoms with E-state index in [0.29, 0.717) is 11.4 Å². The SMILES string of the molecule is C/C=C\C1=C(C(=O)OC(c2ccccc2)c2ccccc2)N2C(=O)C(N)[C@H]2SC1.Cl. The standard InChI is InChI=1S/C23H22N2O3S.ClH/c1-2-9-17-14-29-22-18(24)21(26)25(22)19(17)23(27)28-20(15-10-5-3-6-11-15)16-12-7-4-8-13-16;/h2-13,18,20,22H,14,24H2,1H3;1H/b9-2-;/t18?,22-;/m1./s1. The highest BCUT2D eigenvalue weighted by Crippen LogP contribution is 2.41. The molecule has 156 valence electrons. The van der Waals surface area contributed by atoms with Gasteiger partial charge >= 0.3 is 5.97 Å². The Morgan fingerprint density at radius 1 is 1.13 bits per heavy atom. The summed E-state index contributed by atoms with van der Waals surface area (Å²) in [6.45, 7) is 1.88. The molecule has 4 rings (SSSR count). The van der Waals surface area contributed by atoms with Gasteiger partial charge in [-0.05, 0) is 23.6 Å². The number of hydrogen-bond acceptors (Lipinski definition) is 5. The van der Waals surface area contributed by atoms with Crippen LogP contribution < -0.4 is 5.73 Å². The summed E-state index contributed by atoms with van der Waals surface area (Å²) in [5, 5.41) is -0.217. The molecule has 0 aliphatic carbocycles. The Kier molecular flexibility index (Phi) is 7.02. The monoisotopic (exact) mass is 442 g/mol. The van der Waals surface area contributed by atoms with Crippen LogP contribution >= 0.6 is 24.2 Å². The number of halogens is 1. The number of amides is 1. The molecule has 0 bridgehead atoms. The van der Waals surface area contributed by atoms with E-state index in [1.54, 1.807) is 11.8 Å². The van der Waals surface area contributed by atoms with E-state index in [-0.39, 0.29) is 23.7 Å². The van der Waals surface area contributed by atoms with Crippen LogP contribution in [-0.2, 0) is 14.3 Å². The molecule has 30 heavy (non-hydrogen) atoms. The third kappa shape index (κ3) is 4.03. The maximum absolute atomic E-state index is 13.3. The van der Waals surface area contributed by atoms with Crippen LogP contribution in [0.15, 0.2) is 84.1 Å². The minimum Gasteiger partial charge on any atom is -0.448 e. The van der Waals surface area contributed by atoms with Crippen molar-refractivity contribution in [3.05, 3.63) is 95.2 Å². The van der Waals surface area contributed by atoms with Crippen molar-refractivity contribution in [2.45, 2.75) is 24.4 Å². The number of allylic oxidation sites excluding steroid dienone is 2. The van der Waals surface area contributed by atoms with Gasteiger partial charge in [-0.3, -0.25) is 9.69 Å². The van der Waals surface area contributed by atoms with Crippen molar-refractivity contribution in [3.8, 4) is 0 Å². The molecule has 2 N–H and O–H groups in total. The number of fused-ring (bicyclic) bond motifs is 1. The molecule has 1 saturated heterocycles. The second-order valence-corrected chi connectivity index (χ2v) is 8.02. The lowest BCUT2D eigenvalue weighted by Gasteiger charge is -2.48. The summed E-state index contributed by atoms with van der Waals surface area (Å²) in [6, 6.07) is 18.6. The zero-order chi connectivity index (χ0) is 20.4. The Labute approximate surface area is 186 Å². The Hall–Kier alpha value is -2.54. The predicted octanol–water partition coefficient (Wildman–Crippen LogP) is 3.81. The molecule has 1 unspecified atom stereocenters. The summed E-state index contributed by atoms with van der Waals surface area (Å²) >= 11 is 1.57. The number of hydrogen-bond donors (Lipinski definition) is 1. The average Bonchev–Trinajstić information content (AvgIpc) is 2.77. The van der Waals surface area contributed by atoms with Gasteiger partial charge in [-0.1, -0.05) is 72.8 Å². The molecule has 2 aliphatic heterocycles. The first-order valence-electron chi connectivity index (χ1n) is 9.48. The topological polar surface area (TPSA) is 72.6 Å². The molecule has 2 aliphatic rings. The van der Waals surface area contributed by atoms with Crippen molar-refractivity contribution in [3.63, 3.8) is 0 Å². The van der Waals surface area contributed by atoms with Crippen LogP contribution in [-0.4, -0.2) is 33.9 Å². The summed E-state index contributed by atoms with van der Waals surface area (Å²) in [4.78, 5) is 27.2. The first-order valence-corrected chi connectivity index (χ1v) is 10.5.